The van der Waals surface area contributed by atoms with Crippen LogP contribution in [0.25, 0.3) is 17.0 Å². The van der Waals surface area contributed by atoms with Crippen molar-refractivity contribution in [2.24, 2.45) is 0 Å². The Kier molecular flexibility index (Phi) is 3.23. The molecule has 4 aromatic rings. The molecule has 4 aromatic heterocycles. The first-order chi connectivity index (χ1) is 11.2. The molecule has 114 valence electrons. The van der Waals surface area contributed by atoms with Gasteiger partial charge in [0.25, 0.3) is 5.56 Å². The number of tetrazole rings is 1. The number of hydrogen-bond acceptors (Lipinski definition) is 6. The molecule has 0 aliphatic heterocycles. The zero-order valence-corrected chi connectivity index (χ0v) is 13.1. The molecule has 4 heterocycles. The average Bonchev–Trinajstić information content (AvgIpc) is 3.17. The molecule has 23 heavy (non-hydrogen) atoms. The summed E-state index contributed by atoms with van der Waals surface area (Å²) in [4.78, 5) is 18.2. The number of aryl methyl sites for hydroxylation is 1. The Labute approximate surface area is 134 Å². The number of rotatable bonds is 3. The summed E-state index contributed by atoms with van der Waals surface area (Å²) in [7, 11) is 0. The van der Waals surface area contributed by atoms with E-state index in [1.54, 1.807) is 15.7 Å². The fraction of sp³-hybridized carbons (Fsp3) is 0.133. The normalized spacial score (nSPS) is 11.2. The summed E-state index contributed by atoms with van der Waals surface area (Å²) in [6.07, 6.45) is 0. The molecular formula is C15H12N6OS. The molecule has 0 radical (unpaired) electrons. The topological polar surface area (TPSA) is 78.0 Å². The third-order valence-electron chi connectivity index (χ3n) is 3.47. The van der Waals surface area contributed by atoms with E-state index in [2.05, 4.69) is 20.4 Å². The van der Waals surface area contributed by atoms with E-state index in [-0.39, 0.29) is 5.56 Å². The largest absolute Gasteiger partial charge is 0.269 e. The van der Waals surface area contributed by atoms with Crippen LogP contribution in [0.2, 0.25) is 0 Å². The lowest BCUT2D eigenvalue weighted by Crippen LogP contribution is -2.19. The lowest BCUT2D eigenvalue weighted by Gasteiger charge is -2.05. The summed E-state index contributed by atoms with van der Waals surface area (Å²) in [5.74, 6) is 0.569. The predicted molar refractivity (Wildman–Crippen MR) is 86.4 cm³/mol. The van der Waals surface area contributed by atoms with Gasteiger partial charge in [-0.05, 0) is 35.7 Å². The molecule has 0 spiro atoms. The van der Waals surface area contributed by atoms with E-state index in [1.165, 1.54) is 10.9 Å². The van der Waals surface area contributed by atoms with Crippen molar-refractivity contribution in [2.45, 2.75) is 13.5 Å². The van der Waals surface area contributed by atoms with Crippen molar-refractivity contribution in [3.05, 3.63) is 62.8 Å². The molecule has 0 fully saturated rings. The molecular weight excluding hydrogens is 312 g/mol. The standard InChI is InChI=1S/C15H12N6OS/c1-10-3-2-4-13-16-12(7-14(22)21(10)13)8-20-18-15(17-19-20)11-5-6-23-9-11/h2-7,9H,8H2,1H3. The number of nitrogens with zero attached hydrogens (tertiary/aromatic N) is 6. The highest BCUT2D eigenvalue weighted by molar-refractivity contribution is 7.08. The lowest BCUT2D eigenvalue weighted by atomic mass is 10.3. The first-order valence-corrected chi connectivity index (χ1v) is 7.94. The Balaban J connectivity index is 1.69. The summed E-state index contributed by atoms with van der Waals surface area (Å²) in [6, 6.07) is 9.01. The highest BCUT2D eigenvalue weighted by Crippen LogP contribution is 2.16. The van der Waals surface area contributed by atoms with Gasteiger partial charge in [0, 0.05) is 22.7 Å². The third kappa shape index (κ3) is 2.53. The molecule has 0 saturated heterocycles. The summed E-state index contributed by atoms with van der Waals surface area (Å²) in [5.41, 5.74) is 2.90. The quantitative estimate of drug-likeness (QED) is 0.574. The number of aromatic nitrogens is 6. The zero-order valence-electron chi connectivity index (χ0n) is 12.2. The van der Waals surface area contributed by atoms with Gasteiger partial charge in [-0.1, -0.05) is 6.07 Å². The second-order valence-corrected chi connectivity index (χ2v) is 5.88. The summed E-state index contributed by atoms with van der Waals surface area (Å²) in [6.45, 7) is 2.18. The highest BCUT2D eigenvalue weighted by Gasteiger charge is 2.09. The van der Waals surface area contributed by atoms with Gasteiger partial charge in [0.15, 0.2) is 0 Å². The maximum absolute atomic E-state index is 12.3. The Hall–Kier alpha value is -2.87. The molecule has 0 amide bonds. The van der Waals surface area contributed by atoms with Crippen LogP contribution >= 0.6 is 11.3 Å². The Bertz CT molecular complexity index is 1030. The van der Waals surface area contributed by atoms with Crippen LogP contribution in [0.15, 0.2) is 45.9 Å². The van der Waals surface area contributed by atoms with Gasteiger partial charge in [0.1, 0.15) is 12.2 Å². The van der Waals surface area contributed by atoms with Crippen molar-refractivity contribution in [2.75, 3.05) is 0 Å². The van der Waals surface area contributed by atoms with Crippen LogP contribution in [-0.4, -0.2) is 29.6 Å². The molecule has 0 N–H and O–H groups in total. The molecule has 0 aliphatic rings. The average molecular weight is 324 g/mol. The van der Waals surface area contributed by atoms with Gasteiger partial charge in [-0.15, -0.1) is 10.2 Å². The van der Waals surface area contributed by atoms with Crippen LogP contribution in [0.5, 0.6) is 0 Å². The van der Waals surface area contributed by atoms with E-state index in [0.717, 1.165) is 11.3 Å². The first-order valence-electron chi connectivity index (χ1n) is 6.99. The number of fused-ring (bicyclic) bond motifs is 1. The maximum atomic E-state index is 12.3. The van der Waals surface area contributed by atoms with Gasteiger partial charge in [-0.25, -0.2) is 4.98 Å². The molecule has 0 bridgehead atoms. The van der Waals surface area contributed by atoms with Crippen molar-refractivity contribution in [3.63, 3.8) is 0 Å². The van der Waals surface area contributed by atoms with Crippen LogP contribution in [-0.2, 0) is 6.54 Å². The van der Waals surface area contributed by atoms with E-state index in [4.69, 9.17) is 0 Å². The number of hydrogen-bond donors (Lipinski definition) is 0. The Morgan fingerprint density at radius 2 is 2.17 bits per heavy atom. The van der Waals surface area contributed by atoms with Gasteiger partial charge in [0.2, 0.25) is 5.82 Å². The maximum Gasteiger partial charge on any atom is 0.258 e. The Morgan fingerprint density at radius 3 is 3.00 bits per heavy atom. The van der Waals surface area contributed by atoms with Gasteiger partial charge in [0.05, 0.1) is 5.69 Å². The number of thiophene rings is 1. The van der Waals surface area contributed by atoms with Crippen LogP contribution < -0.4 is 5.56 Å². The van der Waals surface area contributed by atoms with Crippen LogP contribution in [0.1, 0.15) is 11.4 Å². The van der Waals surface area contributed by atoms with Gasteiger partial charge >= 0.3 is 0 Å². The zero-order chi connectivity index (χ0) is 15.8. The van der Waals surface area contributed by atoms with Crippen molar-refractivity contribution < 1.29 is 0 Å². The minimum Gasteiger partial charge on any atom is -0.269 e. The molecule has 7 nitrogen and oxygen atoms in total. The molecule has 0 saturated carbocycles. The van der Waals surface area contributed by atoms with Crippen LogP contribution in [0.4, 0.5) is 0 Å². The molecule has 0 aromatic carbocycles. The van der Waals surface area contributed by atoms with Crippen molar-refractivity contribution in [1.82, 2.24) is 29.6 Å². The van der Waals surface area contributed by atoms with Gasteiger partial charge < -0.3 is 0 Å². The summed E-state index contributed by atoms with van der Waals surface area (Å²) < 4.78 is 1.58. The van der Waals surface area contributed by atoms with Crippen molar-refractivity contribution in [1.29, 1.82) is 0 Å². The van der Waals surface area contributed by atoms with E-state index in [0.29, 0.717) is 23.7 Å². The summed E-state index contributed by atoms with van der Waals surface area (Å²) in [5, 5.41) is 16.3. The third-order valence-corrected chi connectivity index (χ3v) is 4.15. The van der Waals surface area contributed by atoms with E-state index in [1.807, 2.05) is 41.9 Å². The second kappa shape index (κ2) is 5.40. The van der Waals surface area contributed by atoms with Gasteiger partial charge in [-0.3, -0.25) is 9.20 Å². The van der Waals surface area contributed by atoms with E-state index in [9.17, 15) is 4.79 Å². The van der Waals surface area contributed by atoms with Crippen molar-refractivity contribution >= 4 is 17.0 Å². The second-order valence-electron chi connectivity index (χ2n) is 5.10. The predicted octanol–water partition coefficient (Wildman–Crippen LogP) is 1.77. The van der Waals surface area contributed by atoms with E-state index >= 15 is 0 Å². The minimum atomic E-state index is -0.110. The molecule has 0 aliphatic carbocycles. The van der Waals surface area contributed by atoms with Crippen LogP contribution in [0.3, 0.4) is 0 Å². The number of pyridine rings is 1. The SMILES string of the molecule is Cc1cccc2nc(Cn3nnc(-c4ccsc4)n3)cc(=O)n12. The first kappa shape index (κ1) is 13.8. The monoisotopic (exact) mass is 324 g/mol. The van der Waals surface area contributed by atoms with Crippen LogP contribution in [0, 0.1) is 6.92 Å². The minimum absolute atomic E-state index is 0.110. The fourth-order valence-electron chi connectivity index (χ4n) is 2.41. The lowest BCUT2D eigenvalue weighted by molar-refractivity contribution is 0.564. The van der Waals surface area contributed by atoms with Gasteiger partial charge in [-0.2, -0.15) is 16.1 Å². The van der Waals surface area contributed by atoms with Crippen molar-refractivity contribution in [3.8, 4) is 11.4 Å². The molecule has 0 unspecified atom stereocenters. The fourth-order valence-corrected chi connectivity index (χ4v) is 3.04. The summed E-state index contributed by atoms with van der Waals surface area (Å²) >= 11 is 1.58. The smallest absolute Gasteiger partial charge is 0.258 e. The Morgan fingerprint density at radius 1 is 1.26 bits per heavy atom. The highest BCUT2D eigenvalue weighted by atomic mass is 32.1. The van der Waals surface area contributed by atoms with E-state index < -0.39 is 0 Å². The molecule has 8 heteroatoms. The molecule has 0 atom stereocenters. The molecule has 4 rings (SSSR count).